The first-order valence-corrected chi connectivity index (χ1v) is 9.31. The molecule has 2 N–H and O–H groups in total. The standard InChI is InChI=1S/C20H36N4O.HI/c1-16(2)24(17(3)4)14-8-12-22-20(21-5)23-13-11-18-9-7-10-19(15-18)25-6;/h7,9-10,15-17H,8,11-14H2,1-6H3,(H2,21,22,23);1H. The molecule has 0 heterocycles. The van der Waals surface area contributed by atoms with Crippen LogP contribution in [0.3, 0.4) is 0 Å². The van der Waals surface area contributed by atoms with Gasteiger partial charge in [-0.05, 0) is 58.2 Å². The van der Waals surface area contributed by atoms with Crippen LogP contribution in [0.4, 0.5) is 0 Å². The van der Waals surface area contributed by atoms with Gasteiger partial charge in [0.05, 0.1) is 7.11 Å². The summed E-state index contributed by atoms with van der Waals surface area (Å²) in [5.74, 6) is 1.77. The molecular weight excluding hydrogens is 439 g/mol. The second-order valence-corrected chi connectivity index (χ2v) is 6.81. The van der Waals surface area contributed by atoms with E-state index >= 15 is 0 Å². The molecule has 0 saturated heterocycles. The number of rotatable bonds is 10. The quantitative estimate of drug-likeness (QED) is 0.235. The number of halogens is 1. The topological polar surface area (TPSA) is 48.9 Å². The van der Waals surface area contributed by atoms with Crippen LogP contribution in [0.1, 0.15) is 39.7 Å². The molecule has 26 heavy (non-hydrogen) atoms. The van der Waals surface area contributed by atoms with E-state index in [1.165, 1.54) is 5.56 Å². The van der Waals surface area contributed by atoms with Crippen molar-refractivity contribution in [1.29, 1.82) is 0 Å². The van der Waals surface area contributed by atoms with Crippen molar-refractivity contribution in [2.45, 2.75) is 52.6 Å². The van der Waals surface area contributed by atoms with E-state index in [2.05, 4.69) is 60.4 Å². The van der Waals surface area contributed by atoms with Gasteiger partial charge in [0.15, 0.2) is 5.96 Å². The number of benzene rings is 1. The number of hydrogen-bond donors (Lipinski definition) is 2. The van der Waals surface area contributed by atoms with E-state index < -0.39 is 0 Å². The Bertz CT molecular complexity index is 512. The maximum Gasteiger partial charge on any atom is 0.190 e. The lowest BCUT2D eigenvalue weighted by Crippen LogP contribution is -2.41. The summed E-state index contributed by atoms with van der Waals surface area (Å²) in [5, 5.41) is 6.77. The normalized spacial score (nSPS) is 11.7. The molecule has 0 aromatic heterocycles. The van der Waals surface area contributed by atoms with Crippen LogP contribution in [-0.2, 0) is 6.42 Å². The predicted octanol–water partition coefficient (Wildman–Crippen LogP) is 3.53. The van der Waals surface area contributed by atoms with E-state index in [-0.39, 0.29) is 24.0 Å². The minimum Gasteiger partial charge on any atom is -0.497 e. The molecule has 0 fully saturated rings. The SMILES string of the molecule is CN=C(NCCCN(C(C)C)C(C)C)NCCc1cccc(OC)c1.I. The summed E-state index contributed by atoms with van der Waals surface area (Å²) in [6.07, 6.45) is 2.04. The first kappa shape index (κ1) is 25.0. The van der Waals surface area contributed by atoms with Gasteiger partial charge in [-0.25, -0.2) is 0 Å². The molecule has 1 aromatic rings. The second-order valence-electron chi connectivity index (χ2n) is 6.81. The van der Waals surface area contributed by atoms with Crippen molar-refractivity contribution in [2.75, 3.05) is 33.8 Å². The van der Waals surface area contributed by atoms with E-state index in [1.54, 1.807) is 7.11 Å². The monoisotopic (exact) mass is 476 g/mol. The van der Waals surface area contributed by atoms with Gasteiger partial charge in [-0.3, -0.25) is 9.89 Å². The smallest absolute Gasteiger partial charge is 0.190 e. The Labute approximate surface area is 177 Å². The molecule has 0 atom stereocenters. The Morgan fingerprint density at radius 1 is 1.12 bits per heavy atom. The summed E-state index contributed by atoms with van der Waals surface area (Å²) in [4.78, 5) is 6.81. The van der Waals surface area contributed by atoms with Crippen molar-refractivity contribution in [3.8, 4) is 5.75 Å². The first-order chi connectivity index (χ1) is 12.0. The van der Waals surface area contributed by atoms with E-state index in [9.17, 15) is 0 Å². The van der Waals surface area contributed by atoms with Gasteiger partial charge in [-0.1, -0.05) is 12.1 Å². The number of nitrogens with zero attached hydrogens (tertiary/aromatic N) is 2. The molecule has 0 amide bonds. The average Bonchev–Trinajstić information content (AvgIpc) is 2.59. The zero-order valence-corrected chi connectivity index (χ0v) is 19.5. The summed E-state index contributed by atoms with van der Waals surface area (Å²) in [6.45, 7) is 11.9. The van der Waals surface area contributed by atoms with Crippen molar-refractivity contribution in [2.24, 2.45) is 4.99 Å². The maximum absolute atomic E-state index is 5.26. The van der Waals surface area contributed by atoms with Crippen LogP contribution in [0.15, 0.2) is 29.3 Å². The molecule has 0 aliphatic rings. The fourth-order valence-corrected chi connectivity index (χ4v) is 2.95. The van der Waals surface area contributed by atoms with Gasteiger partial charge in [-0.15, -0.1) is 24.0 Å². The van der Waals surface area contributed by atoms with Crippen LogP contribution in [-0.4, -0.2) is 56.7 Å². The number of guanidine groups is 1. The molecule has 0 bridgehead atoms. The molecule has 1 rings (SSSR count). The zero-order chi connectivity index (χ0) is 18.7. The van der Waals surface area contributed by atoms with Crippen LogP contribution in [0, 0.1) is 0 Å². The Kier molecular flexibility index (Phi) is 13.5. The van der Waals surface area contributed by atoms with E-state index in [4.69, 9.17) is 4.74 Å². The minimum absolute atomic E-state index is 0. The van der Waals surface area contributed by atoms with Gasteiger partial charge in [0.2, 0.25) is 0 Å². The van der Waals surface area contributed by atoms with Crippen molar-refractivity contribution >= 4 is 29.9 Å². The second kappa shape index (κ2) is 14.1. The van der Waals surface area contributed by atoms with Gasteiger partial charge in [0.25, 0.3) is 0 Å². The van der Waals surface area contributed by atoms with E-state index in [0.717, 1.165) is 44.2 Å². The number of methoxy groups -OCH3 is 1. The molecular formula is C20H37IN4O. The molecule has 5 nitrogen and oxygen atoms in total. The van der Waals surface area contributed by atoms with Crippen LogP contribution < -0.4 is 15.4 Å². The highest BCUT2D eigenvalue weighted by molar-refractivity contribution is 14.0. The average molecular weight is 476 g/mol. The van der Waals surface area contributed by atoms with Crippen molar-refractivity contribution < 1.29 is 4.74 Å². The van der Waals surface area contributed by atoms with Crippen molar-refractivity contribution in [1.82, 2.24) is 15.5 Å². The largest absolute Gasteiger partial charge is 0.497 e. The lowest BCUT2D eigenvalue weighted by atomic mass is 10.1. The molecule has 0 unspecified atom stereocenters. The molecule has 0 radical (unpaired) electrons. The third-order valence-corrected chi connectivity index (χ3v) is 4.28. The molecule has 0 saturated carbocycles. The van der Waals surface area contributed by atoms with Crippen LogP contribution >= 0.6 is 24.0 Å². The third-order valence-electron chi connectivity index (χ3n) is 4.28. The van der Waals surface area contributed by atoms with Gasteiger partial charge in [0, 0.05) is 38.8 Å². The molecule has 0 spiro atoms. The molecule has 0 aliphatic heterocycles. The van der Waals surface area contributed by atoms with E-state index in [0.29, 0.717) is 12.1 Å². The molecule has 0 aliphatic carbocycles. The van der Waals surface area contributed by atoms with Gasteiger partial charge >= 0.3 is 0 Å². The van der Waals surface area contributed by atoms with Crippen LogP contribution in [0.2, 0.25) is 0 Å². The number of nitrogens with one attached hydrogen (secondary N) is 2. The third kappa shape index (κ3) is 9.62. The highest BCUT2D eigenvalue weighted by Gasteiger charge is 2.12. The first-order valence-electron chi connectivity index (χ1n) is 9.31. The summed E-state index contributed by atoms with van der Waals surface area (Å²) in [5.41, 5.74) is 1.26. The number of aliphatic imine (C=N–C) groups is 1. The Morgan fingerprint density at radius 2 is 1.77 bits per heavy atom. The summed E-state index contributed by atoms with van der Waals surface area (Å²) in [7, 11) is 3.51. The highest BCUT2D eigenvalue weighted by Crippen LogP contribution is 2.12. The minimum atomic E-state index is 0. The lowest BCUT2D eigenvalue weighted by Gasteiger charge is -2.30. The molecule has 1 aromatic carbocycles. The Morgan fingerprint density at radius 3 is 2.35 bits per heavy atom. The zero-order valence-electron chi connectivity index (χ0n) is 17.2. The van der Waals surface area contributed by atoms with E-state index in [1.807, 2.05) is 19.2 Å². The van der Waals surface area contributed by atoms with Gasteiger partial charge in [-0.2, -0.15) is 0 Å². The summed E-state index contributed by atoms with van der Waals surface area (Å²) < 4.78 is 5.26. The Hall–Kier alpha value is -1.02. The van der Waals surface area contributed by atoms with Crippen LogP contribution in [0.5, 0.6) is 5.75 Å². The number of hydrogen-bond acceptors (Lipinski definition) is 3. The van der Waals surface area contributed by atoms with Gasteiger partial charge < -0.3 is 15.4 Å². The summed E-state index contributed by atoms with van der Waals surface area (Å²) >= 11 is 0. The highest BCUT2D eigenvalue weighted by atomic mass is 127. The van der Waals surface area contributed by atoms with Crippen molar-refractivity contribution in [3.05, 3.63) is 29.8 Å². The van der Waals surface area contributed by atoms with Gasteiger partial charge in [0.1, 0.15) is 5.75 Å². The molecule has 6 heteroatoms. The van der Waals surface area contributed by atoms with Crippen LogP contribution in [0.25, 0.3) is 0 Å². The fraction of sp³-hybridized carbons (Fsp3) is 0.650. The fourth-order valence-electron chi connectivity index (χ4n) is 2.95. The Balaban J connectivity index is 0.00000625. The predicted molar refractivity (Wildman–Crippen MR) is 123 cm³/mol. The number of ether oxygens (including phenoxy) is 1. The molecule has 150 valence electrons. The lowest BCUT2D eigenvalue weighted by molar-refractivity contribution is 0.173. The maximum atomic E-state index is 5.26. The van der Waals surface area contributed by atoms with Crippen molar-refractivity contribution in [3.63, 3.8) is 0 Å². The summed E-state index contributed by atoms with van der Waals surface area (Å²) in [6, 6.07) is 9.35.